The van der Waals surface area contributed by atoms with Gasteiger partial charge in [0.1, 0.15) is 5.25 Å². The molecule has 0 aromatic rings. The SMILES string of the molecule is CC(C(=O)C(F)(F)F)S(C)(=O)=O. The van der Waals surface area contributed by atoms with Crippen molar-refractivity contribution < 1.29 is 26.4 Å². The number of alkyl halides is 3. The minimum Gasteiger partial charge on any atom is -0.288 e. The Morgan fingerprint density at radius 2 is 1.67 bits per heavy atom. The smallest absolute Gasteiger partial charge is 0.288 e. The first-order valence-corrected chi connectivity index (χ1v) is 4.82. The van der Waals surface area contributed by atoms with E-state index >= 15 is 0 Å². The fraction of sp³-hybridized carbons (Fsp3) is 0.800. The Kier molecular flexibility index (Phi) is 2.89. The zero-order valence-corrected chi connectivity index (χ0v) is 7.16. The summed E-state index contributed by atoms with van der Waals surface area (Å²) in [6.45, 7) is 0.713. The quantitative estimate of drug-likeness (QED) is 0.660. The molecule has 0 N–H and O–H groups in total. The first kappa shape index (κ1) is 11.4. The standard InChI is InChI=1S/C5H7F3O3S/c1-3(12(2,10)11)4(9)5(6,7)8/h3H,1-2H3. The molecule has 0 aromatic heterocycles. The van der Waals surface area contributed by atoms with Gasteiger partial charge >= 0.3 is 6.18 Å². The van der Waals surface area contributed by atoms with Gasteiger partial charge in [-0.1, -0.05) is 0 Å². The normalized spacial score (nSPS) is 15.8. The predicted octanol–water partition coefficient (Wildman–Crippen LogP) is 0.551. The molecule has 0 spiro atoms. The highest BCUT2D eigenvalue weighted by molar-refractivity contribution is 7.92. The van der Waals surface area contributed by atoms with E-state index < -0.39 is 27.0 Å². The second-order valence-electron chi connectivity index (χ2n) is 2.33. The van der Waals surface area contributed by atoms with E-state index in [0.717, 1.165) is 0 Å². The maximum atomic E-state index is 11.6. The summed E-state index contributed by atoms with van der Waals surface area (Å²) in [6, 6.07) is 0. The molecule has 0 bridgehead atoms. The topological polar surface area (TPSA) is 51.2 Å². The molecule has 0 aliphatic heterocycles. The van der Waals surface area contributed by atoms with Crippen LogP contribution in [0.3, 0.4) is 0 Å². The Hall–Kier alpha value is -0.590. The van der Waals surface area contributed by atoms with Gasteiger partial charge in [0.25, 0.3) is 5.78 Å². The van der Waals surface area contributed by atoms with Gasteiger partial charge in [0.15, 0.2) is 9.84 Å². The highest BCUT2D eigenvalue weighted by Crippen LogP contribution is 2.20. The fourth-order valence-corrected chi connectivity index (χ4v) is 0.947. The number of sulfone groups is 1. The van der Waals surface area contributed by atoms with Crippen LogP contribution in [0.4, 0.5) is 13.2 Å². The molecular weight excluding hydrogens is 197 g/mol. The average molecular weight is 204 g/mol. The lowest BCUT2D eigenvalue weighted by Crippen LogP contribution is -2.37. The molecule has 12 heavy (non-hydrogen) atoms. The lowest BCUT2D eigenvalue weighted by Gasteiger charge is -2.10. The Labute approximate surface area is 67.5 Å². The van der Waals surface area contributed by atoms with Crippen molar-refractivity contribution in [1.29, 1.82) is 0 Å². The van der Waals surface area contributed by atoms with E-state index in [1.165, 1.54) is 0 Å². The minimum absolute atomic E-state index is 0.585. The second kappa shape index (κ2) is 3.04. The van der Waals surface area contributed by atoms with Gasteiger partial charge in [0, 0.05) is 6.26 Å². The monoisotopic (exact) mass is 204 g/mol. The number of halogens is 3. The number of carbonyl (C=O) groups is 1. The molecule has 0 fully saturated rings. The summed E-state index contributed by atoms with van der Waals surface area (Å²) < 4.78 is 55.8. The van der Waals surface area contributed by atoms with Gasteiger partial charge in [-0.2, -0.15) is 13.2 Å². The summed E-state index contributed by atoms with van der Waals surface area (Å²) in [5, 5.41) is -2.02. The van der Waals surface area contributed by atoms with Crippen molar-refractivity contribution in [2.24, 2.45) is 0 Å². The fourth-order valence-electron chi connectivity index (χ4n) is 0.425. The molecule has 0 aliphatic rings. The first-order valence-electron chi connectivity index (χ1n) is 2.86. The number of Topliss-reactive ketones (excluding diaryl/α,β-unsaturated/α-hetero) is 1. The first-order chi connectivity index (χ1) is 5.07. The molecular formula is C5H7F3O3S. The maximum absolute atomic E-state index is 11.6. The molecule has 0 rings (SSSR count). The second-order valence-corrected chi connectivity index (χ2v) is 4.70. The van der Waals surface area contributed by atoms with Crippen LogP contribution in [0.2, 0.25) is 0 Å². The van der Waals surface area contributed by atoms with Crippen LogP contribution in [-0.4, -0.2) is 31.9 Å². The third-order valence-corrected chi connectivity index (χ3v) is 2.79. The number of ketones is 1. The van der Waals surface area contributed by atoms with Crippen LogP contribution in [0.5, 0.6) is 0 Å². The van der Waals surface area contributed by atoms with E-state index in [4.69, 9.17) is 0 Å². The van der Waals surface area contributed by atoms with Crippen molar-refractivity contribution in [3.05, 3.63) is 0 Å². The molecule has 0 radical (unpaired) electrons. The van der Waals surface area contributed by atoms with Crippen molar-refractivity contribution in [2.75, 3.05) is 6.26 Å². The zero-order chi connectivity index (χ0) is 10.2. The minimum atomic E-state index is -5.08. The summed E-state index contributed by atoms with van der Waals surface area (Å²) in [7, 11) is -3.95. The Balaban J connectivity index is 4.77. The van der Waals surface area contributed by atoms with Gasteiger partial charge in [0.05, 0.1) is 0 Å². The predicted molar refractivity (Wildman–Crippen MR) is 35.4 cm³/mol. The Bertz CT molecular complexity index is 277. The van der Waals surface area contributed by atoms with Gasteiger partial charge in [-0.3, -0.25) is 4.79 Å². The zero-order valence-electron chi connectivity index (χ0n) is 6.34. The summed E-state index contributed by atoms with van der Waals surface area (Å²) in [5.74, 6) is -2.23. The summed E-state index contributed by atoms with van der Waals surface area (Å²) in [5.41, 5.74) is 0. The highest BCUT2D eigenvalue weighted by atomic mass is 32.2. The molecule has 0 saturated carbocycles. The number of rotatable bonds is 2. The van der Waals surface area contributed by atoms with Gasteiger partial charge in [-0.25, -0.2) is 8.42 Å². The van der Waals surface area contributed by atoms with Crippen molar-refractivity contribution in [1.82, 2.24) is 0 Å². The van der Waals surface area contributed by atoms with Gasteiger partial charge in [0.2, 0.25) is 0 Å². The molecule has 0 aliphatic carbocycles. The number of hydrogen-bond acceptors (Lipinski definition) is 3. The van der Waals surface area contributed by atoms with Crippen LogP contribution >= 0.6 is 0 Å². The number of hydrogen-bond donors (Lipinski definition) is 0. The molecule has 1 atom stereocenters. The highest BCUT2D eigenvalue weighted by Gasteiger charge is 2.44. The van der Waals surface area contributed by atoms with Crippen LogP contribution < -0.4 is 0 Å². The van der Waals surface area contributed by atoms with E-state index in [2.05, 4.69) is 0 Å². The van der Waals surface area contributed by atoms with Gasteiger partial charge in [-0.15, -0.1) is 0 Å². The third kappa shape index (κ3) is 2.80. The largest absolute Gasteiger partial charge is 0.451 e. The van der Waals surface area contributed by atoms with Gasteiger partial charge in [-0.05, 0) is 6.92 Å². The van der Waals surface area contributed by atoms with Crippen LogP contribution in [0, 0.1) is 0 Å². The van der Waals surface area contributed by atoms with Crippen molar-refractivity contribution in [2.45, 2.75) is 18.3 Å². The average Bonchev–Trinajstić information content (AvgIpc) is 1.80. The molecule has 0 amide bonds. The van der Waals surface area contributed by atoms with Crippen molar-refractivity contribution >= 4 is 15.6 Å². The molecule has 0 aromatic carbocycles. The van der Waals surface area contributed by atoms with Crippen molar-refractivity contribution in [3.63, 3.8) is 0 Å². The van der Waals surface area contributed by atoms with Crippen LogP contribution in [0.15, 0.2) is 0 Å². The maximum Gasteiger partial charge on any atom is 0.451 e. The van der Waals surface area contributed by atoms with Crippen molar-refractivity contribution in [3.8, 4) is 0 Å². The van der Waals surface area contributed by atoms with Gasteiger partial charge < -0.3 is 0 Å². The Morgan fingerprint density at radius 3 is 1.75 bits per heavy atom. The Morgan fingerprint density at radius 1 is 1.33 bits per heavy atom. The molecule has 3 nitrogen and oxygen atoms in total. The molecule has 7 heteroatoms. The van der Waals surface area contributed by atoms with Crippen LogP contribution in [0.1, 0.15) is 6.92 Å². The summed E-state index contributed by atoms with van der Waals surface area (Å²) in [6.07, 6.45) is -4.50. The van der Waals surface area contributed by atoms with E-state index in [1.54, 1.807) is 0 Å². The summed E-state index contributed by atoms with van der Waals surface area (Å²) in [4.78, 5) is 10.3. The van der Waals surface area contributed by atoms with E-state index in [9.17, 15) is 26.4 Å². The lowest BCUT2D eigenvalue weighted by molar-refractivity contribution is -0.170. The van der Waals surface area contributed by atoms with E-state index in [1.807, 2.05) is 0 Å². The molecule has 0 heterocycles. The molecule has 72 valence electrons. The number of carbonyl (C=O) groups excluding carboxylic acids is 1. The lowest BCUT2D eigenvalue weighted by atomic mass is 10.3. The summed E-state index contributed by atoms with van der Waals surface area (Å²) >= 11 is 0. The third-order valence-electron chi connectivity index (χ3n) is 1.29. The molecule has 1 unspecified atom stereocenters. The van der Waals surface area contributed by atoms with E-state index in [-0.39, 0.29) is 0 Å². The van der Waals surface area contributed by atoms with Crippen LogP contribution in [0.25, 0.3) is 0 Å². The van der Waals surface area contributed by atoms with Crippen LogP contribution in [-0.2, 0) is 14.6 Å². The van der Waals surface area contributed by atoms with E-state index in [0.29, 0.717) is 13.2 Å². The molecule has 0 saturated heterocycles.